The summed E-state index contributed by atoms with van der Waals surface area (Å²) < 4.78 is 6.84. The van der Waals surface area contributed by atoms with Crippen molar-refractivity contribution in [2.45, 2.75) is 57.1 Å². The average molecular weight is 422 g/mol. The predicted molar refractivity (Wildman–Crippen MR) is 104 cm³/mol. The normalized spacial score (nSPS) is 27.8. The molecule has 2 saturated carbocycles. The van der Waals surface area contributed by atoms with Crippen LogP contribution >= 0.6 is 15.9 Å². The van der Waals surface area contributed by atoms with E-state index < -0.39 is 0 Å². The maximum atomic E-state index is 12.9. The Morgan fingerprint density at radius 3 is 2.35 bits per heavy atom. The minimum Gasteiger partial charge on any atom is -0.489 e. The molecule has 142 valence electrons. The van der Waals surface area contributed by atoms with E-state index in [9.17, 15) is 4.79 Å². The number of hydrogen-bond donors (Lipinski definition) is 0. The average Bonchev–Trinajstić information content (AvgIpc) is 2.63. The van der Waals surface area contributed by atoms with Gasteiger partial charge >= 0.3 is 0 Å². The maximum Gasteiger partial charge on any atom is 0.225 e. The molecule has 6 heteroatoms. The number of hydrogen-bond acceptors (Lipinski definition) is 4. The molecule has 1 aromatic heterocycles. The molecule has 26 heavy (non-hydrogen) atoms. The van der Waals surface area contributed by atoms with Crippen LogP contribution in [-0.4, -0.2) is 59.0 Å². The lowest BCUT2D eigenvalue weighted by Gasteiger charge is -2.43. The zero-order valence-electron chi connectivity index (χ0n) is 15.3. The first-order valence-electron chi connectivity index (χ1n) is 10.00. The van der Waals surface area contributed by atoms with E-state index in [0.717, 1.165) is 68.3 Å². The first-order chi connectivity index (χ1) is 12.7. The molecular formula is C20H28BrN3O2. The van der Waals surface area contributed by atoms with Gasteiger partial charge in [0, 0.05) is 38.1 Å². The molecule has 4 rings (SSSR count). The molecule has 0 unspecified atom stereocenters. The van der Waals surface area contributed by atoms with E-state index in [4.69, 9.17) is 4.74 Å². The standard InChI is InChI=1S/C20H28BrN3O2/c21-19-9-8-18(14-22-19)26-17-6-4-15(5-7-17)20(25)24-12-10-23(11-13-24)16-2-1-3-16/h8-9,14-17H,1-7,10-13H2/t15-,17-. The summed E-state index contributed by atoms with van der Waals surface area (Å²) >= 11 is 3.34. The molecule has 5 nitrogen and oxygen atoms in total. The van der Waals surface area contributed by atoms with E-state index in [0.29, 0.717) is 5.91 Å². The Hall–Kier alpha value is -1.14. The van der Waals surface area contributed by atoms with Crippen LogP contribution < -0.4 is 4.74 Å². The van der Waals surface area contributed by atoms with Gasteiger partial charge in [0.2, 0.25) is 5.91 Å². The summed E-state index contributed by atoms with van der Waals surface area (Å²) in [5, 5.41) is 0. The minimum atomic E-state index is 0.188. The van der Waals surface area contributed by atoms with Gasteiger partial charge in [-0.1, -0.05) is 6.42 Å². The maximum absolute atomic E-state index is 12.9. The molecule has 1 amide bonds. The van der Waals surface area contributed by atoms with Gasteiger partial charge in [-0.2, -0.15) is 0 Å². The number of amides is 1. The van der Waals surface area contributed by atoms with E-state index >= 15 is 0 Å². The quantitative estimate of drug-likeness (QED) is 0.698. The second-order valence-corrected chi connectivity index (χ2v) is 8.67. The van der Waals surface area contributed by atoms with E-state index in [-0.39, 0.29) is 12.0 Å². The van der Waals surface area contributed by atoms with Gasteiger partial charge in [0.1, 0.15) is 10.4 Å². The summed E-state index contributed by atoms with van der Waals surface area (Å²) in [6, 6.07) is 4.64. The fourth-order valence-electron chi connectivity index (χ4n) is 4.37. The van der Waals surface area contributed by atoms with Crippen LogP contribution in [-0.2, 0) is 4.79 Å². The van der Waals surface area contributed by atoms with Crippen molar-refractivity contribution in [2.24, 2.45) is 5.92 Å². The highest BCUT2D eigenvalue weighted by molar-refractivity contribution is 9.10. The number of ether oxygens (including phenoxy) is 1. The Bertz CT molecular complexity index is 604. The highest BCUT2D eigenvalue weighted by Crippen LogP contribution is 2.30. The third kappa shape index (κ3) is 4.22. The lowest BCUT2D eigenvalue weighted by atomic mass is 9.86. The van der Waals surface area contributed by atoms with E-state index in [1.807, 2.05) is 12.1 Å². The van der Waals surface area contributed by atoms with Crippen molar-refractivity contribution >= 4 is 21.8 Å². The van der Waals surface area contributed by atoms with E-state index in [1.165, 1.54) is 19.3 Å². The topological polar surface area (TPSA) is 45.7 Å². The van der Waals surface area contributed by atoms with Crippen LogP contribution in [0.2, 0.25) is 0 Å². The molecule has 1 saturated heterocycles. The van der Waals surface area contributed by atoms with Gasteiger partial charge in [-0.05, 0) is 66.6 Å². The number of piperazine rings is 1. The molecule has 0 N–H and O–H groups in total. The van der Waals surface area contributed by atoms with Crippen molar-refractivity contribution in [3.63, 3.8) is 0 Å². The van der Waals surface area contributed by atoms with Crippen molar-refractivity contribution in [3.8, 4) is 5.75 Å². The number of rotatable bonds is 4. The fraction of sp³-hybridized carbons (Fsp3) is 0.700. The highest BCUT2D eigenvalue weighted by Gasteiger charge is 2.33. The first kappa shape index (κ1) is 18.2. The number of carbonyl (C=O) groups excluding carboxylic acids is 1. The summed E-state index contributed by atoms with van der Waals surface area (Å²) in [4.78, 5) is 21.8. The van der Waals surface area contributed by atoms with Crippen LogP contribution in [0.5, 0.6) is 5.75 Å². The van der Waals surface area contributed by atoms with Crippen LogP contribution in [0.1, 0.15) is 44.9 Å². The molecule has 3 aliphatic rings. The van der Waals surface area contributed by atoms with Crippen LogP contribution in [0.4, 0.5) is 0 Å². The highest BCUT2D eigenvalue weighted by atomic mass is 79.9. The van der Waals surface area contributed by atoms with Gasteiger partial charge in [-0.15, -0.1) is 0 Å². The Morgan fingerprint density at radius 1 is 1.04 bits per heavy atom. The Morgan fingerprint density at radius 2 is 1.77 bits per heavy atom. The van der Waals surface area contributed by atoms with Gasteiger partial charge < -0.3 is 9.64 Å². The van der Waals surface area contributed by atoms with Gasteiger partial charge in [-0.3, -0.25) is 9.69 Å². The van der Waals surface area contributed by atoms with Crippen LogP contribution in [0.15, 0.2) is 22.9 Å². The molecule has 0 radical (unpaired) electrons. The number of pyridine rings is 1. The monoisotopic (exact) mass is 421 g/mol. The summed E-state index contributed by atoms with van der Waals surface area (Å²) in [6.45, 7) is 3.95. The molecule has 3 fully saturated rings. The molecule has 1 aromatic rings. The van der Waals surface area contributed by atoms with Crippen molar-refractivity contribution in [1.82, 2.24) is 14.8 Å². The van der Waals surface area contributed by atoms with Gasteiger partial charge in [0.15, 0.2) is 0 Å². The van der Waals surface area contributed by atoms with E-state index in [2.05, 4.69) is 30.7 Å². The molecule has 0 spiro atoms. The molecule has 2 heterocycles. The van der Waals surface area contributed by atoms with Gasteiger partial charge in [-0.25, -0.2) is 4.98 Å². The Labute approximate surface area is 164 Å². The molecular weight excluding hydrogens is 394 g/mol. The molecule has 0 bridgehead atoms. The van der Waals surface area contributed by atoms with Crippen LogP contribution in [0, 0.1) is 5.92 Å². The molecule has 1 aliphatic heterocycles. The number of carbonyl (C=O) groups is 1. The minimum absolute atomic E-state index is 0.188. The fourth-order valence-corrected chi connectivity index (χ4v) is 4.60. The smallest absolute Gasteiger partial charge is 0.225 e. The summed E-state index contributed by atoms with van der Waals surface area (Å²) in [5.74, 6) is 1.38. The number of nitrogens with zero attached hydrogens (tertiary/aromatic N) is 3. The number of aromatic nitrogens is 1. The SMILES string of the molecule is O=C([C@H]1CC[C@H](Oc2ccc(Br)nc2)CC1)N1CCN(C2CCC2)CC1. The van der Waals surface area contributed by atoms with Crippen molar-refractivity contribution in [3.05, 3.63) is 22.9 Å². The zero-order valence-corrected chi connectivity index (χ0v) is 16.9. The molecule has 0 atom stereocenters. The Balaban J connectivity index is 1.21. The molecule has 2 aliphatic carbocycles. The largest absolute Gasteiger partial charge is 0.489 e. The van der Waals surface area contributed by atoms with Crippen molar-refractivity contribution in [2.75, 3.05) is 26.2 Å². The summed E-state index contributed by atoms with van der Waals surface area (Å²) in [5.41, 5.74) is 0. The number of halogens is 1. The van der Waals surface area contributed by atoms with Crippen LogP contribution in [0.25, 0.3) is 0 Å². The molecule has 0 aromatic carbocycles. The van der Waals surface area contributed by atoms with Gasteiger partial charge in [0.25, 0.3) is 0 Å². The van der Waals surface area contributed by atoms with Crippen LogP contribution in [0.3, 0.4) is 0 Å². The summed E-state index contributed by atoms with van der Waals surface area (Å²) in [6.07, 6.45) is 9.83. The summed E-state index contributed by atoms with van der Waals surface area (Å²) in [7, 11) is 0. The van der Waals surface area contributed by atoms with Gasteiger partial charge in [0.05, 0.1) is 12.3 Å². The second-order valence-electron chi connectivity index (χ2n) is 7.85. The zero-order chi connectivity index (χ0) is 17.9. The first-order valence-corrected chi connectivity index (χ1v) is 10.8. The third-order valence-electron chi connectivity index (χ3n) is 6.24. The lowest BCUT2D eigenvalue weighted by Crippen LogP contribution is -2.54. The second kappa shape index (κ2) is 8.26. The van der Waals surface area contributed by atoms with E-state index in [1.54, 1.807) is 6.20 Å². The Kier molecular flexibility index (Phi) is 5.79. The van der Waals surface area contributed by atoms with Crippen molar-refractivity contribution < 1.29 is 9.53 Å². The van der Waals surface area contributed by atoms with Crippen molar-refractivity contribution in [1.29, 1.82) is 0 Å². The predicted octanol–water partition coefficient (Wildman–Crippen LogP) is 3.48. The third-order valence-corrected chi connectivity index (χ3v) is 6.71. The lowest BCUT2D eigenvalue weighted by molar-refractivity contribution is -0.139.